The summed E-state index contributed by atoms with van der Waals surface area (Å²) in [6.45, 7) is 18.1. The van der Waals surface area contributed by atoms with Crippen LogP contribution in [0.4, 0.5) is 21.0 Å². The number of hydrogen-bond donors (Lipinski definition) is 5. The molecule has 0 spiro atoms. The molecular formula is C39H55N9O9S2. The number of carbonyl (C=O) groups excluding carboxylic acids is 3. The third-order valence-corrected chi connectivity index (χ3v) is 11.6. The van der Waals surface area contributed by atoms with Gasteiger partial charge in [0.2, 0.25) is 0 Å². The summed E-state index contributed by atoms with van der Waals surface area (Å²) in [5, 5.41) is 21.0. The molecule has 0 fully saturated rings. The number of para-hydroxylation sites is 2. The van der Waals surface area contributed by atoms with Crippen LogP contribution in [0.5, 0.6) is 0 Å². The predicted molar refractivity (Wildman–Crippen MR) is 224 cm³/mol. The van der Waals surface area contributed by atoms with Gasteiger partial charge in [0.15, 0.2) is 10.1 Å². The van der Waals surface area contributed by atoms with Crippen LogP contribution in [0.3, 0.4) is 0 Å². The number of nitrogens with zero attached hydrogens (tertiary/aromatic N) is 5. The van der Waals surface area contributed by atoms with Crippen molar-refractivity contribution in [1.82, 2.24) is 33.9 Å². The molecular weight excluding hydrogens is 803 g/mol. The Hall–Kier alpha value is -5.76. The van der Waals surface area contributed by atoms with E-state index < -0.39 is 48.1 Å². The fraction of sp³-hybridized carbons (Fsp3) is 0.436. The van der Waals surface area contributed by atoms with Crippen molar-refractivity contribution in [3.63, 3.8) is 0 Å². The molecule has 2 aromatic heterocycles. The van der Waals surface area contributed by atoms with Gasteiger partial charge in [0.05, 0.1) is 0 Å². The summed E-state index contributed by atoms with van der Waals surface area (Å²) in [5.74, 6) is -1.21. The summed E-state index contributed by atoms with van der Waals surface area (Å²) in [5.41, 5.74) is 4.54. The van der Waals surface area contributed by atoms with E-state index in [0.717, 1.165) is 39.1 Å². The van der Waals surface area contributed by atoms with Crippen molar-refractivity contribution in [3.05, 3.63) is 82.2 Å². The number of benzene rings is 2. The maximum absolute atomic E-state index is 12.7. The van der Waals surface area contributed by atoms with Gasteiger partial charge in [0.25, 0.3) is 26.0 Å². The van der Waals surface area contributed by atoms with Gasteiger partial charge >= 0.3 is 18.0 Å². The monoisotopic (exact) mass is 857 g/mol. The van der Waals surface area contributed by atoms with Gasteiger partial charge in [-0.25, -0.2) is 23.8 Å². The highest BCUT2D eigenvalue weighted by Gasteiger charge is 2.28. The normalized spacial score (nSPS) is 11.7. The van der Waals surface area contributed by atoms with Crippen molar-refractivity contribution in [2.75, 3.05) is 24.2 Å². The van der Waals surface area contributed by atoms with Crippen molar-refractivity contribution < 1.29 is 41.1 Å². The Morgan fingerprint density at radius 3 is 1.25 bits per heavy atom. The van der Waals surface area contributed by atoms with E-state index >= 15 is 0 Å². The number of anilines is 2. The summed E-state index contributed by atoms with van der Waals surface area (Å²) < 4.78 is 56.3. The lowest BCUT2D eigenvalue weighted by Crippen LogP contribution is -2.35. The Morgan fingerprint density at radius 2 is 0.966 bits per heavy atom. The molecule has 0 saturated carbocycles. The van der Waals surface area contributed by atoms with Crippen LogP contribution in [0.25, 0.3) is 0 Å². The smallest absolute Gasteiger partial charge is 0.354 e. The summed E-state index contributed by atoms with van der Waals surface area (Å²) >= 11 is 0. The van der Waals surface area contributed by atoms with Crippen molar-refractivity contribution in [2.45, 2.75) is 96.0 Å². The Morgan fingerprint density at radius 1 is 0.644 bits per heavy atom. The maximum atomic E-state index is 12.7. The minimum atomic E-state index is -4.34. The molecule has 0 atom stereocenters. The molecule has 0 aliphatic carbocycles. The van der Waals surface area contributed by atoms with Crippen LogP contribution in [-0.4, -0.2) is 83.9 Å². The third kappa shape index (κ3) is 11.7. The largest absolute Gasteiger partial charge is 0.477 e. The van der Waals surface area contributed by atoms with Gasteiger partial charge in [-0.3, -0.25) is 14.2 Å². The molecule has 2 aromatic carbocycles. The molecule has 5 amide bonds. The molecule has 2 heterocycles. The molecule has 322 valence electrons. The number of sulfonamides is 2. The van der Waals surface area contributed by atoms with Gasteiger partial charge in [0, 0.05) is 51.2 Å². The minimum absolute atomic E-state index is 0.109. The molecule has 5 N–H and O–H groups in total. The summed E-state index contributed by atoms with van der Waals surface area (Å²) in [6, 6.07) is 11.6. The van der Waals surface area contributed by atoms with Crippen LogP contribution in [0.1, 0.15) is 129 Å². The van der Waals surface area contributed by atoms with Gasteiger partial charge in [0.1, 0.15) is 11.4 Å². The molecule has 0 bridgehead atoms. The number of carbonyl (C=O) groups is 4. The van der Waals surface area contributed by atoms with Crippen LogP contribution in [0.15, 0.2) is 58.6 Å². The van der Waals surface area contributed by atoms with Crippen LogP contribution < -0.4 is 20.1 Å². The number of nitrogens with one attached hydrogen (secondary N) is 4. The van der Waals surface area contributed by atoms with Gasteiger partial charge < -0.3 is 20.6 Å². The van der Waals surface area contributed by atoms with Crippen LogP contribution >= 0.6 is 0 Å². The van der Waals surface area contributed by atoms with E-state index in [-0.39, 0.29) is 41.0 Å². The number of rotatable bonds is 13. The SMILES string of the molecule is CC(C)c1cccc(C(C)C)c1NC(=O)NS(=O)(=O)c1cc(C(=O)O)n(C)n1.CCN(C)C(=O)c1cc(S(=O)(=O)NC(=O)Nc2c(C(C)C)cccc2C(C)C)nn1C. The predicted octanol–water partition coefficient (Wildman–Crippen LogP) is 6.14. The van der Waals surface area contributed by atoms with E-state index in [1.54, 1.807) is 14.0 Å². The molecule has 0 aliphatic heterocycles. The first-order valence-corrected chi connectivity index (χ1v) is 21.8. The third-order valence-electron chi connectivity index (χ3n) is 9.20. The van der Waals surface area contributed by atoms with E-state index in [2.05, 4.69) is 20.8 Å². The average molecular weight is 858 g/mol. The van der Waals surface area contributed by atoms with Crippen LogP contribution in [0, 0.1) is 0 Å². The summed E-state index contributed by atoms with van der Waals surface area (Å²) in [4.78, 5) is 49.9. The second kappa shape index (κ2) is 19.3. The summed E-state index contributed by atoms with van der Waals surface area (Å²) in [7, 11) is -4.23. The highest BCUT2D eigenvalue weighted by molar-refractivity contribution is 7.90. The first-order valence-electron chi connectivity index (χ1n) is 18.8. The Balaban J connectivity index is 0.000000317. The average Bonchev–Trinajstić information content (AvgIpc) is 3.74. The summed E-state index contributed by atoms with van der Waals surface area (Å²) in [6.07, 6.45) is 0. The molecule has 20 heteroatoms. The van der Waals surface area contributed by atoms with Gasteiger partial charge in [-0.2, -0.15) is 27.0 Å². The van der Waals surface area contributed by atoms with Crippen molar-refractivity contribution in [2.24, 2.45) is 14.1 Å². The topological polar surface area (TPSA) is 244 Å². The van der Waals surface area contributed by atoms with Gasteiger partial charge in [-0.15, -0.1) is 0 Å². The van der Waals surface area contributed by atoms with Crippen molar-refractivity contribution >= 4 is 55.4 Å². The van der Waals surface area contributed by atoms with E-state index in [1.807, 2.05) is 101 Å². The number of aromatic carboxylic acids is 1. The zero-order chi connectivity index (χ0) is 44.7. The first kappa shape index (κ1) is 47.6. The standard InChI is InChI=1S/C21H31N5O4S.C18H24N4O5S/c1-8-25(6)20(27)17-12-18(23-26(17)7)31(29,30)24-21(28)22-19-15(13(2)3)10-9-11-16(19)14(4)5;1-10(2)12-7-6-8-13(11(3)4)16(12)19-18(25)21-28(26,27)15-9-14(17(23)24)22(5)20-15/h9-14H,8H2,1-7H3,(H2,22,24,28);6-11H,1-5H3,(H,23,24)(H2,19,21,25). The molecule has 0 radical (unpaired) electrons. The lowest BCUT2D eigenvalue weighted by atomic mass is 9.93. The highest BCUT2D eigenvalue weighted by atomic mass is 32.2. The highest BCUT2D eigenvalue weighted by Crippen LogP contribution is 2.33. The van der Waals surface area contributed by atoms with Gasteiger partial charge in [-0.1, -0.05) is 91.8 Å². The molecule has 18 nitrogen and oxygen atoms in total. The Kier molecular flexibility index (Phi) is 15.6. The number of urea groups is 2. The Labute approximate surface area is 345 Å². The number of aryl methyl sites for hydroxylation is 2. The van der Waals surface area contributed by atoms with E-state index in [9.17, 15) is 36.0 Å². The van der Waals surface area contributed by atoms with Gasteiger partial charge in [-0.05, 0) is 52.8 Å². The molecule has 4 aromatic rings. The lowest BCUT2D eigenvalue weighted by molar-refractivity contribution is 0.0684. The number of carboxylic acids is 1. The first-order chi connectivity index (χ1) is 27.3. The van der Waals surface area contributed by atoms with E-state index in [1.165, 1.54) is 23.7 Å². The lowest BCUT2D eigenvalue weighted by Gasteiger charge is -2.20. The Bertz CT molecular complexity index is 2370. The molecule has 4 rings (SSSR count). The van der Waals surface area contributed by atoms with Crippen molar-refractivity contribution in [1.29, 1.82) is 0 Å². The second-order valence-corrected chi connectivity index (χ2v) is 18.2. The number of carboxylic acid groups (broad SMARTS) is 1. The fourth-order valence-electron chi connectivity index (χ4n) is 5.90. The van der Waals surface area contributed by atoms with Crippen LogP contribution in [-0.2, 0) is 34.1 Å². The minimum Gasteiger partial charge on any atom is -0.477 e. The zero-order valence-corrected chi connectivity index (χ0v) is 37.0. The molecule has 0 saturated heterocycles. The second-order valence-electron chi connectivity index (χ2n) is 15.0. The molecule has 0 unspecified atom stereocenters. The van der Waals surface area contributed by atoms with E-state index in [4.69, 9.17) is 5.11 Å². The maximum Gasteiger partial charge on any atom is 0.354 e. The number of hydrogen-bond acceptors (Lipinski definition) is 10. The quantitative estimate of drug-likeness (QED) is 0.102. The fourth-order valence-corrected chi connectivity index (χ4v) is 7.69. The zero-order valence-electron chi connectivity index (χ0n) is 35.4. The van der Waals surface area contributed by atoms with E-state index in [0.29, 0.717) is 17.9 Å². The van der Waals surface area contributed by atoms with Crippen molar-refractivity contribution in [3.8, 4) is 0 Å². The molecule has 59 heavy (non-hydrogen) atoms. The molecule has 0 aliphatic rings. The number of amides is 5. The van der Waals surface area contributed by atoms with Crippen LogP contribution in [0.2, 0.25) is 0 Å². The number of aromatic nitrogens is 4.